The minimum absolute atomic E-state index is 0.106. The van der Waals surface area contributed by atoms with E-state index < -0.39 is 8.41 Å². The molecular formula is C11H15FO2Si. The van der Waals surface area contributed by atoms with Gasteiger partial charge < -0.3 is 8.84 Å². The largest absolute Gasteiger partial charge is 0.497 e. The van der Waals surface area contributed by atoms with Crippen LogP contribution in [0.4, 0.5) is 4.11 Å². The first-order chi connectivity index (χ1) is 6.86. The van der Waals surface area contributed by atoms with Gasteiger partial charge in [-0.25, -0.2) is 0 Å². The molecule has 0 atom stereocenters. The summed E-state index contributed by atoms with van der Waals surface area (Å²) in [5.74, 6) is 0.485. The molecule has 1 aromatic rings. The van der Waals surface area contributed by atoms with Crippen LogP contribution in [0.5, 0.6) is 5.75 Å². The molecule has 1 rings (SSSR count). The first-order valence-corrected chi connectivity index (χ1v) is 7.62. The number of hydrogen-bond donors (Lipinski definition) is 0. The minimum atomic E-state index is -2.99. The second kappa shape index (κ2) is 4.14. The van der Waals surface area contributed by atoms with E-state index in [2.05, 4.69) is 0 Å². The van der Waals surface area contributed by atoms with Gasteiger partial charge in [-0.1, -0.05) is 0 Å². The van der Waals surface area contributed by atoms with Gasteiger partial charge >= 0.3 is 0 Å². The van der Waals surface area contributed by atoms with Crippen molar-refractivity contribution in [1.82, 2.24) is 0 Å². The van der Waals surface area contributed by atoms with Crippen LogP contribution in [0.15, 0.2) is 18.2 Å². The Hall–Kier alpha value is -1.16. The molecule has 0 amide bonds. The fourth-order valence-corrected chi connectivity index (χ4v) is 2.83. The van der Waals surface area contributed by atoms with E-state index in [1.165, 1.54) is 14.0 Å². The molecule has 0 fully saturated rings. The Kier molecular flexibility index (Phi) is 3.29. The highest BCUT2D eigenvalue weighted by molar-refractivity contribution is 6.84. The Morgan fingerprint density at radius 1 is 1.40 bits per heavy atom. The second-order valence-corrected chi connectivity index (χ2v) is 7.42. The summed E-state index contributed by atoms with van der Waals surface area (Å²) in [5.41, 5.74) is 0.468. The van der Waals surface area contributed by atoms with Crippen LogP contribution < -0.4 is 9.92 Å². The average Bonchev–Trinajstić information content (AvgIpc) is 2.15. The average molecular weight is 226 g/mol. The third kappa shape index (κ3) is 2.65. The van der Waals surface area contributed by atoms with Crippen LogP contribution in [0.3, 0.4) is 0 Å². The van der Waals surface area contributed by atoms with E-state index in [-0.39, 0.29) is 5.78 Å². The zero-order valence-corrected chi connectivity index (χ0v) is 10.4. The van der Waals surface area contributed by atoms with E-state index in [4.69, 9.17) is 4.74 Å². The number of halogens is 1. The first-order valence-electron chi connectivity index (χ1n) is 4.74. The maximum absolute atomic E-state index is 14.0. The number of rotatable bonds is 3. The SMILES string of the molecule is COc1ccc(C(C)=O)c([Si](C)(C)F)c1. The van der Waals surface area contributed by atoms with Gasteiger partial charge in [0.1, 0.15) is 5.75 Å². The number of Topliss-reactive ketones (excluding diaryl/α,β-unsaturated/α-hetero) is 1. The van der Waals surface area contributed by atoms with Gasteiger partial charge in [-0.05, 0) is 43.4 Å². The lowest BCUT2D eigenvalue weighted by Crippen LogP contribution is -2.40. The number of hydrogen-bond acceptors (Lipinski definition) is 2. The summed E-state index contributed by atoms with van der Waals surface area (Å²) >= 11 is 0. The first kappa shape index (κ1) is 11.9. The molecule has 0 aliphatic carbocycles. The molecule has 0 unspecified atom stereocenters. The number of benzene rings is 1. The van der Waals surface area contributed by atoms with Crippen LogP contribution in [-0.2, 0) is 0 Å². The predicted molar refractivity (Wildman–Crippen MR) is 61.2 cm³/mol. The van der Waals surface area contributed by atoms with Gasteiger partial charge in [-0.3, -0.25) is 4.79 Å². The monoisotopic (exact) mass is 226 g/mol. The summed E-state index contributed by atoms with van der Waals surface area (Å²) in [5, 5.41) is 0.509. The van der Waals surface area contributed by atoms with Crippen molar-refractivity contribution in [1.29, 1.82) is 0 Å². The van der Waals surface area contributed by atoms with Crippen molar-refractivity contribution < 1.29 is 13.6 Å². The van der Waals surface area contributed by atoms with Crippen LogP contribution in [-0.4, -0.2) is 21.3 Å². The molecule has 82 valence electrons. The van der Waals surface area contributed by atoms with E-state index >= 15 is 0 Å². The molecule has 0 spiro atoms. The summed E-state index contributed by atoms with van der Waals surface area (Å²) in [6, 6.07) is 4.94. The third-order valence-corrected chi connectivity index (χ3v) is 3.94. The Morgan fingerprint density at radius 3 is 2.40 bits per heavy atom. The summed E-state index contributed by atoms with van der Waals surface area (Å²) in [6.45, 7) is 4.58. The van der Waals surface area contributed by atoms with Crippen LogP contribution in [0.2, 0.25) is 13.1 Å². The molecule has 0 saturated heterocycles. The standard InChI is InChI=1S/C11H15FO2Si/c1-8(13)10-6-5-9(14-2)7-11(10)15(3,4)12/h5-7H,1-4H3. The van der Waals surface area contributed by atoms with Gasteiger partial charge in [0.2, 0.25) is 0 Å². The molecule has 0 bridgehead atoms. The number of methoxy groups -OCH3 is 1. The Balaban J connectivity index is 3.36. The quantitative estimate of drug-likeness (QED) is 0.449. The van der Waals surface area contributed by atoms with Crippen molar-refractivity contribution in [3.8, 4) is 5.75 Å². The molecule has 0 aliphatic heterocycles. The van der Waals surface area contributed by atoms with Gasteiger partial charge in [0.05, 0.1) is 7.11 Å². The molecule has 0 saturated carbocycles. The summed E-state index contributed by atoms with van der Waals surface area (Å²) in [4.78, 5) is 11.3. The second-order valence-electron chi connectivity index (χ2n) is 3.94. The van der Waals surface area contributed by atoms with Crippen molar-refractivity contribution in [3.05, 3.63) is 23.8 Å². The Morgan fingerprint density at radius 2 is 2.00 bits per heavy atom. The number of ketones is 1. The summed E-state index contributed by atoms with van der Waals surface area (Å²) < 4.78 is 19.0. The van der Waals surface area contributed by atoms with Gasteiger partial charge in [-0.2, -0.15) is 0 Å². The smallest absolute Gasteiger partial charge is 0.272 e. The van der Waals surface area contributed by atoms with Crippen molar-refractivity contribution in [2.24, 2.45) is 0 Å². The normalized spacial score (nSPS) is 11.3. The molecule has 1 aromatic carbocycles. The maximum atomic E-state index is 14.0. The van der Waals surface area contributed by atoms with Gasteiger partial charge in [-0.15, -0.1) is 0 Å². The van der Waals surface area contributed by atoms with Gasteiger partial charge in [0, 0.05) is 5.56 Å². The fourth-order valence-electron chi connectivity index (χ4n) is 1.45. The zero-order valence-electron chi connectivity index (χ0n) is 9.43. The van der Waals surface area contributed by atoms with Crippen LogP contribution in [0, 0.1) is 0 Å². The van der Waals surface area contributed by atoms with Gasteiger partial charge in [0.15, 0.2) is 5.78 Å². The van der Waals surface area contributed by atoms with E-state index in [0.717, 1.165) is 0 Å². The van der Waals surface area contributed by atoms with Crippen molar-refractivity contribution in [2.75, 3.05) is 7.11 Å². The lowest BCUT2D eigenvalue weighted by molar-refractivity contribution is 0.101. The van der Waals surface area contributed by atoms with Gasteiger partial charge in [0.25, 0.3) is 8.41 Å². The maximum Gasteiger partial charge on any atom is 0.272 e. The molecular weight excluding hydrogens is 211 g/mol. The van der Waals surface area contributed by atoms with E-state index in [1.807, 2.05) is 0 Å². The van der Waals surface area contributed by atoms with E-state index in [9.17, 15) is 8.90 Å². The highest BCUT2D eigenvalue weighted by Crippen LogP contribution is 2.16. The van der Waals surface area contributed by atoms with E-state index in [0.29, 0.717) is 16.5 Å². The molecule has 0 radical (unpaired) electrons. The topological polar surface area (TPSA) is 26.3 Å². The molecule has 0 N–H and O–H groups in total. The lowest BCUT2D eigenvalue weighted by atomic mass is 10.1. The minimum Gasteiger partial charge on any atom is -0.497 e. The van der Waals surface area contributed by atoms with Crippen LogP contribution >= 0.6 is 0 Å². The number of carbonyl (C=O) groups excluding carboxylic acids is 1. The molecule has 0 heterocycles. The number of ether oxygens (including phenoxy) is 1. The van der Waals surface area contributed by atoms with Crippen molar-refractivity contribution >= 4 is 19.4 Å². The predicted octanol–water partition coefficient (Wildman–Crippen LogP) is 2.28. The molecule has 4 heteroatoms. The summed E-state index contributed by atoms with van der Waals surface area (Å²) in [7, 11) is -1.46. The lowest BCUT2D eigenvalue weighted by Gasteiger charge is -2.16. The molecule has 0 aliphatic rings. The van der Waals surface area contributed by atoms with Crippen molar-refractivity contribution in [2.45, 2.75) is 20.0 Å². The highest BCUT2D eigenvalue weighted by atomic mass is 28.4. The third-order valence-electron chi connectivity index (χ3n) is 2.25. The molecule has 15 heavy (non-hydrogen) atoms. The zero-order chi connectivity index (χ0) is 11.6. The van der Waals surface area contributed by atoms with Crippen molar-refractivity contribution in [3.63, 3.8) is 0 Å². The van der Waals surface area contributed by atoms with Crippen LogP contribution in [0.1, 0.15) is 17.3 Å². The van der Waals surface area contributed by atoms with E-state index in [1.54, 1.807) is 31.3 Å². The Labute approximate surface area is 90.3 Å². The highest BCUT2D eigenvalue weighted by Gasteiger charge is 2.28. The van der Waals surface area contributed by atoms with Crippen LogP contribution in [0.25, 0.3) is 0 Å². The fraction of sp³-hybridized carbons (Fsp3) is 0.364. The molecule has 0 aromatic heterocycles. The Bertz CT molecular complexity index is 383. The number of carbonyl (C=O) groups is 1. The molecule has 2 nitrogen and oxygen atoms in total. The summed E-state index contributed by atoms with van der Waals surface area (Å²) in [6.07, 6.45) is 0.